The van der Waals surface area contributed by atoms with Crippen LogP contribution in [0.2, 0.25) is 0 Å². The first kappa shape index (κ1) is 17.4. The van der Waals surface area contributed by atoms with Gasteiger partial charge in [0.1, 0.15) is 10.7 Å². The maximum absolute atomic E-state index is 13.9. The molecule has 4 nitrogen and oxygen atoms in total. The van der Waals surface area contributed by atoms with Crippen LogP contribution < -0.4 is 5.32 Å². The summed E-state index contributed by atoms with van der Waals surface area (Å²) >= 11 is 0. The highest BCUT2D eigenvalue weighted by molar-refractivity contribution is 7.89. The largest absolute Gasteiger partial charge is 0.311 e. The Morgan fingerprint density at radius 1 is 1.35 bits per heavy atom. The molecule has 1 aliphatic rings. The van der Waals surface area contributed by atoms with Crippen molar-refractivity contribution in [2.45, 2.75) is 37.8 Å². The smallest absolute Gasteiger partial charge is 0.246 e. The Bertz CT molecular complexity index is 580. The standard InChI is InChI=1S/C13H19FN2O2S.ClH/c1-9-4-5-13(12(14)8-9)19(17,18)16-7-6-15-10(2)11(16)3;/h4-5,8,10-11,15H,6-7H2,1-3H3;1H. The summed E-state index contributed by atoms with van der Waals surface area (Å²) in [4.78, 5) is -0.237. The third kappa shape index (κ3) is 3.14. The number of rotatable bonds is 2. The Kier molecular flexibility index (Phi) is 5.54. The van der Waals surface area contributed by atoms with Crippen molar-refractivity contribution in [2.24, 2.45) is 0 Å². The fourth-order valence-electron chi connectivity index (χ4n) is 2.31. The second-order valence-corrected chi connectivity index (χ2v) is 6.89. The minimum absolute atomic E-state index is 0. The van der Waals surface area contributed by atoms with Crippen molar-refractivity contribution in [3.63, 3.8) is 0 Å². The molecule has 0 spiro atoms. The van der Waals surface area contributed by atoms with Crippen LogP contribution in [0.1, 0.15) is 19.4 Å². The lowest BCUT2D eigenvalue weighted by Gasteiger charge is -2.37. The molecule has 0 aliphatic carbocycles. The molecule has 0 bridgehead atoms. The van der Waals surface area contributed by atoms with Gasteiger partial charge in [-0.15, -0.1) is 12.4 Å². The highest BCUT2D eigenvalue weighted by Gasteiger charge is 2.35. The molecule has 1 N–H and O–H groups in total. The van der Waals surface area contributed by atoms with Gasteiger partial charge in [0.05, 0.1) is 0 Å². The third-order valence-corrected chi connectivity index (χ3v) is 5.67. The summed E-state index contributed by atoms with van der Waals surface area (Å²) in [6.07, 6.45) is 0. The van der Waals surface area contributed by atoms with E-state index in [1.54, 1.807) is 13.0 Å². The first-order valence-corrected chi connectivity index (χ1v) is 7.79. The molecule has 7 heteroatoms. The molecule has 0 aromatic heterocycles. The molecule has 1 aliphatic heterocycles. The first-order valence-electron chi connectivity index (χ1n) is 6.35. The maximum Gasteiger partial charge on any atom is 0.246 e. The lowest BCUT2D eigenvalue weighted by atomic mass is 10.1. The van der Waals surface area contributed by atoms with E-state index in [1.165, 1.54) is 16.4 Å². The first-order chi connectivity index (χ1) is 8.84. The molecule has 1 aromatic rings. The number of hydrogen-bond donors (Lipinski definition) is 1. The average Bonchev–Trinajstić information content (AvgIpc) is 2.31. The third-order valence-electron chi connectivity index (χ3n) is 3.65. The number of halogens is 2. The Hall–Kier alpha value is -0.690. The average molecular weight is 323 g/mol. The monoisotopic (exact) mass is 322 g/mol. The van der Waals surface area contributed by atoms with Crippen LogP contribution in [0.25, 0.3) is 0 Å². The molecule has 0 radical (unpaired) electrons. The molecule has 0 amide bonds. The predicted molar refractivity (Wildman–Crippen MR) is 79.2 cm³/mol. The van der Waals surface area contributed by atoms with Gasteiger partial charge in [0.2, 0.25) is 10.0 Å². The van der Waals surface area contributed by atoms with Crippen molar-refractivity contribution in [3.05, 3.63) is 29.6 Å². The SMILES string of the molecule is Cc1ccc(S(=O)(=O)N2CCNC(C)C2C)c(F)c1.Cl. The lowest BCUT2D eigenvalue weighted by Crippen LogP contribution is -2.57. The predicted octanol–water partition coefficient (Wildman–Crippen LogP) is 1.93. The van der Waals surface area contributed by atoms with Crippen molar-refractivity contribution < 1.29 is 12.8 Å². The second kappa shape index (κ2) is 6.39. The van der Waals surface area contributed by atoms with E-state index in [1.807, 2.05) is 13.8 Å². The Labute approximate surface area is 125 Å². The van der Waals surface area contributed by atoms with Gasteiger partial charge < -0.3 is 5.32 Å². The molecule has 20 heavy (non-hydrogen) atoms. The lowest BCUT2D eigenvalue weighted by molar-refractivity contribution is 0.232. The van der Waals surface area contributed by atoms with Crippen LogP contribution in [-0.4, -0.2) is 37.9 Å². The van der Waals surface area contributed by atoms with Crippen molar-refractivity contribution >= 4 is 22.4 Å². The second-order valence-electron chi connectivity index (χ2n) is 5.03. The van der Waals surface area contributed by atoms with Gasteiger partial charge in [0.25, 0.3) is 0 Å². The van der Waals surface area contributed by atoms with Crippen molar-refractivity contribution in [2.75, 3.05) is 13.1 Å². The summed E-state index contributed by atoms with van der Waals surface area (Å²) in [5.74, 6) is -0.682. The minimum atomic E-state index is -3.77. The highest BCUT2D eigenvalue weighted by atomic mass is 35.5. The van der Waals surface area contributed by atoms with E-state index in [2.05, 4.69) is 5.32 Å². The highest BCUT2D eigenvalue weighted by Crippen LogP contribution is 2.24. The molecular formula is C13H20ClFN2O2S. The fourth-order valence-corrected chi connectivity index (χ4v) is 4.06. The zero-order valence-corrected chi connectivity index (χ0v) is 13.4. The van der Waals surface area contributed by atoms with Gasteiger partial charge in [0, 0.05) is 25.2 Å². The zero-order valence-electron chi connectivity index (χ0n) is 11.8. The van der Waals surface area contributed by atoms with Crippen LogP contribution in [0.4, 0.5) is 4.39 Å². The van der Waals surface area contributed by atoms with Gasteiger partial charge in [0.15, 0.2) is 0 Å². The van der Waals surface area contributed by atoms with Crippen molar-refractivity contribution in [1.29, 1.82) is 0 Å². The molecule has 1 saturated heterocycles. The summed E-state index contributed by atoms with van der Waals surface area (Å²) in [5.41, 5.74) is 0.707. The van der Waals surface area contributed by atoms with Crippen molar-refractivity contribution in [1.82, 2.24) is 9.62 Å². The number of nitrogens with zero attached hydrogens (tertiary/aromatic N) is 1. The zero-order chi connectivity index (χ0) is 14.2. The summed E-state index contributed by atoms with van der Waals surface area (Å²) in [7, 11) is -3.77. The molecule has 1 fully saturated rings. The Balaban J connectivity index is 0.00000200. The van der Waals surface area contributed by atoms with Gasteiger partial charge in [-0.25, -0.2) is 12.8 Å². The van der Waals surface area contributed by atoms with Gasteiger partial charge >= 0.3 is 0 Å². The van der Waals surface area contributed by atoms with E-state index in [-0.39, 0.29) is 29.4 Å². The molecular weight excluding hydrogens is 303 g/mol. The summed E-state index contributed by atoms with van der Waals surface area (Å²) in [6, 6.07) is 4.07. The maximum atomic E-state index is 13.9. The fraction of sp³-hybridized carbons (Fsp3) is 0.538. The molecule has 114 valence electrons. The van der Waals surface area contributed by atoms with E-state index >= 15 is 0 Å². The molecule has 1 aromatic carbocycles. The van der Waals surface area contributed by atoms with Gasteiger partial charge in [-0.05, 0) is 38.5 Å². The molecule has 2 rings (SSSR count). The Morgan fingerprint density at radius 2 is 2.00 bits per heavy atom. The molecule has 2 unspecified atom stereocenters. The number of sulfonamides is 1. The quantitative estimate of drug-likeness (QED) is 0.905. The van der Waals surface area contributed by atoms with E-state index in [9.17, 15) is 12.8 Å². The van der Waals surface area contributed by atoms with E-state index in [0.29, 0.717) is 18.7 Å². The molecule has 0 saturated carbocycles. The van der Waals surface area contributed by atoms with E-state index in [4.69, 9.17) is 0 Å². The summed E-state index contributed by atoms with van der Waals surface area (Å²) in [6.45, 7) is 6.44. The van der Waals surface area contributed by atoms with Crippen LogP contribution in [0, 0.1) is 12.7 Å². The van der Waals surface area contributed by atoms with Crippen LogP contribution in [0.15, 0.2) is 23.1 Å². The number of piperazine rings is 1. The van der Waals surface area contributed by atoms with Crippen LogP contribution in [-0.2, 0) is 10.0 Å². The number of hydrogen-bond acceptors (Lipinski definition) is 3. The van der Waals surface area contributed by atoms with E-state index < -0.39 is 15.8 Å². The van der Waals surface area contributed by atoms with E-state index in [0.717, 1.165) is 0 Å². The van der Waals surface area contributed by atoms with Crippen LogP contribution >= 0.6 is 12.4 Å². The van der Waals surface area contributed by atoms with Crippen LogP contribution in [0.3, 0.4) is 0 Å². The molecule has 2 atom stereocenters. The van der Waals surface area contributed by atoms with Gasteiger partial charge in [-0.3, -0.25) is 0 Å². The number of benzene rings is 1. The van der Waals surface area contributed by atoms with Crippen molar-refractivity contribution in [3.8, 4) is 0 Å². The summed E-state index contributed by atoms with van der Waals surface area (Å²) < 4.78 is 40.3. The van der Waals surface area contributed by atoms with Crippen LogP contribution in [0.5, 0.6) is 0 Å². The summed E-state index contributed by atoms with van der Waals surface area (Å²) in [5, 5.41) is 3.21. The topological polar surface area (TPSA) is 49.4 Å². The number of nitrogens with one attached hydrogen (secondary N) is 1. The van der Waals surface area contributed by atoms with Gasteiger partial charge in [-0.2, -0.15) is 4.31 Å². The normalized spacial score (nSPS) is 24.2. The number of aryl methyl sites for hydroxylation is 1. The minimum Gasteiger partial charge on any atom is -0.311 e. The molecule has 1 heterocycles. The Morgan fingerprint density at radius 3 is 2.60 bits per heavy atom. The van der Waals surface area contributed by atoms with Gasteiger partial charge in [-0.1, -0.05) is 6.07 Å².